The van der Waals surface area contributed by atoms with Gasteiger partial charge in [0.2, 0.25) is 0 Å². The van der Waals surface area contributed by atoms with Crippen LogP contribution in [0, 0.1) is 0 Å². The molecule has 0 saturated carbocycles. The molecule has 0 fully saturated rings. The van der Waals surface area contributed by atoms with Crippen molar-refractivity contribution in [1.82, 2.24) is 0 Å². The Morgan fingerprint density at radius 3 is 2.04 bits per heavy atom. The van der Waals surface area contributed by atoms with Crippen molar-refractivity contribution in [2.45, 2.75) is 6.92 Å². The van der Waals surface area contributed by atoms with E-state index in [1.165, 1.54) is 0 Å². The van der Waals surface area contributed by atoms with Crippen LogP contribution in [0.4, 0.5) is 0 Å². The minimum absolute atomic E-state index is 0.0473. The van der Waals surface area contributed by atoms with Crippen LogP contribution in [-0.4, -0.2) is 5.78 Å². The van der Waals surface area contributed by atoms with E-state index in [0.717, 1.165) is 43.9 Å². The average Bonchev–Trinajstić information content (AvgIpc) is 3.09. The molecule has 0 aliphatic heterocycles. The number of rotatable bonds is 1. The minimum Gasteiger partial charge on any atom is -0.456 e. The summed E-state index contributed by atoms with van der Waals surface area (Å²) in [5.41, 5.74) is 3.96. The fourth-order valence-corrected chi connectivity index (χ4v) is 3.21. The second kappa shape index (κ2) is 4.23. The maximum atomic E-state index is 11.6. The number of hydrogen-bond acceptors (Lipinski definition) is 3. The molecule has 0 saturated heterocycles. The van der Waals surface area contributed by atoms with Gasteiger partial charge in [-0.3, -0.25) is 4.79 Å². The summed E-state index contributed by atoms with van der Waals surface area (Å²) in [6, 6.07) is 17.5. The first-order valence-corrected chi connectivity index (χ1v) is 7.49. The molecule has 23 heavy (non-hydrogen) atoms. The van der Waals surface area contributed by atoms with Gasteiger partial charge in [0.25, 0.3) is 0 Å². The van der Waals surface area contributed by atoms with Crippen molar-refractivity contribution in [3.63, 3.8) is 0 Å². The van der Waals surface area contributed by atoms with Crippen molar-refractivity contribution in [2.24, 2.45) is 0 Å². The first-order chi connectivity index (χ1) is 11.2. The summed E-state index contributed by atoms with van der Waals surface area (Å²) >= 11 is 0. The fraction of sp³-hybridized carbons (Fsp3) is 0.0500. The third kappa shape index (κ3) is 1.67. The maximum absolute atomic E-state index is 11.6. The molecule has 110 valence electrons. The van der Waals surface area contributed by atoms with Crippen LogP contribution >= 0.6 is 0 Å². The second-order valence-electron chi connectivity index (χ2n) is 5.81. The number of carbonyl (C=O) groups is 1. The smallest absolute Gasteiger partial charge is 0.159 e. The van der Waals surface area contributed by atoms with Gasteiger partial charge in [0.1, 0.15) is 22.3 Å². The van der Waals surface area contributed by atoms with Gasteiger partial charge in [-0.25, -0.2) is 0 Å². The molecule has 0 aliphatic rings. The molecule has 0 N–H and O–H groups in total. The van der Waals surface area contributed by atoms with E-state index in [1.54, 1.807) is 13.0 Å². The molecule has 3 nitrogen and oxygen atoms in total. The topological polar surface area (TPSA) is 43.4 Å². The van der Waals surface area contributed by atoms with Crippen LogP contribution in [0.1, 0.15) is 17.3 Å². The number of benzene rings is 3. The molecule has 2 aromatic heterocycles. The molecule has 0 amide bonds. The van der Waals surface area contributed by atoms with Crippen LogP contribution in [0.3, 0.4) is 0 Å². The van der Waals surface area contributed by atoms with Crippen molar-refractivity contribution in [3.8, 4) is 0 Å². The third-order valence-corrected chi connectivity index (χ3v) is 4.38. The number of carbonyl (C=O) groups excluding carboxylic acids is 1. The van der Waals surface area contributed by atoms with Crippen molar-refractivity contribution in [2.75, 3.05) is 0 Å². The number of ketones is 1. The van der Waals surface area contributed by atoms with E-state index in [1.807, 2.05) is 48.5 Å². The molecular weight excluding hydrogens is 288 g/mol. The number of Topliss-reactive ketones (excluding diaryl/α,β-unsaturated/α-hetero) is 1. The van der Waals surface area contributed by atoms with Crippen LogP contribution in [-0.2, 0) is 0 Å². The maximum Gasteiger partial charge on any atom is 0.159 e. The highest BCUT2D eigenvalue weighted by molar-refractivity contribution is 6.15. The largest absolute Gasteiger partial charge is 0.456 e. The molecule has 3 heteroatoms. The standard InChI is InChI=1S/C20H12O3/c1-11(21)12-6-7-18-14(8-12)16-10-19-15(9-20(16)23-18)13-4-2-3-5-17(13)22-19/h2-10H,1H3. The quantitative estimate of drug-likeness (QED) is 0.374. The summed E-state index contributed by atoms with van der Waals surface area (Å²) < 4.78 is 11.9. The van der Waals surface area contributed by atoms with Gasteiger partial charge < -0.3 is 8.83 Å². The highest BCUT2D eigenvalue weighted by Gasteiger charge is 2.13. The monoisotopic (exact) mass is 300 g/mol. The van der Waals surface area contributed by atoms with E-state index in [2.05, 4.69) is 0 Å². The third-order valence-electron chi connectivity index (χ3n) is 4.38. The van der Waals surface area contributed by atoms with Crippen LogP contribution in [0.25, 0.3) is 43.9 Å². The van der Waals surface area contributed by atoms with Crippen molar-refractivity contribution >= 4 is 49.7 Å². The van der Waals surface area contributed by atoms with Crippen LogP contribution in [0.15, 0.2) is 63.4 Å². The predicted octanol–water partition coefficient (Wildman–Crippen LogP) is 5.69. The van der Waals surface area contributed by atoms with Gasteiger partial charge in [0.05, 0.1) is 0 Å². The van der Waals surface area contributed by atoms with Gasteiger partial charge in [-0.05, 0) is 43.3 Å². The highest BCUT2D eigenvalue weighted by atomic mass is 16.3. The fourth-order valence-electron chi connectivity index (χ4n) is 3.21. The molecule has 0 spiro atoms. The lowest BCUT2D eigenvalue weighted by atomic mass is 10.1. The minimum atomic E-state index is 0.0473. The van der Waals surface area contributed by atoms with Crippen molar-refractivity contribution < 1.29 is 13.6 Å². The summed E-state index contributed by atoms with van der Waals surface area (Å²) in [5.74, 6) is 0.0473. The van der Waals surface area contributed by atoms with Crippen LogP contribution in [0.2, 0.25) is 0 Å². The lowest BCUT2D eigenvalue weighted by molar-refractivity contribution is 0.101. The van der Waals surface area contributed by atoms with Crippen molar-refractivity contribution in [3.05, 3.63) is 60.2 Å². The first-order valence-electron chi connectivity index (χ1n) is 7.49. The van der Waals surface area contributed by atoms with Gasteiger partial charge in [-0.2, -0.15) is 0 Å². The van der Waals surface area contributed by atoms with Gasteiger partial charge in [-0.1, -0.05) is 18.2 Å². The average molecular weight is 300 g/mol. The van der Waals surface area contributed by atoms with Gasteiger partial charge in [0, 0.05) is 27.1 Å². The number of hydrogen-bond donors (Lipinski definition) is 0. The Balaban J connectivity index is 1.94. The van der Waals surface area contributed by atoms with Gasteiger partial charge in [0.15, 0.2) is 5.78 Å². The Labute approximate surface area is 131 Å². The van der Waals surface area contributed by atoms with E-state index in [0.29, 0.717) is 5.56 Å². The number of fused-ring (bicyclic) bond motifs is 6. The lowest BCUT2D eigenvalue weighted by Crippen LogP contribution is -1.89. The Morgan fingerprint density at radius 2 is 1.30 bits per heavy atom. The lowest BCUT2D eigenvalue weighted by Gasteiger charge is -1.95. The molecule has 0 atom stereocenters. The number of furan rings is 2. The van der Waals surface area contributed by atoms with E-state index in [9.17, 15) is 4.79 Å². The Kier molecular flexibility index (Phi) is 2.29. The van der Waals surface area contributed by atoms with Gasteiger partial charge in [-0.15, -0.1) is 0 Å². The second-order valence-corrected chi connectivity index (χ2v) is 5.81. The summed E-state index contributed by atoms with van der Waals surface area (Å²) in [4.78, 5) is 11.6. The summed E-state index contributed by atoms with van der Waals surface area (Å²) in [7, 11) is 0. The molecule has 3 aromatic carbocycles. The highest BCUT2D eigenvalue weighted by Crippen LogP contribution is 2.36. The summed E-state index contributed by atoms with van der Waals surface area (Å²) in [6.07, 6.45) is 0. The van der Waals surface area contributed by atoms with E-state index in [4.69, 9.17) is 8.83 Å². The molecule has 0 aliphatic carbocycles. The molecule has 5 aromatic rings. The Morgan fingerprint density at radius 1 is 0.696 bits per heavy atom. The summed E-state index contributed by atoms with van der Waals surface area (Å²) in [6.45, 7) is 1.57. The van der Waals surface area contributed by atoms with E-state index >= 15 is 0 Å². The van der Waals surface area contributed by atoms with Crippen LogP contribution in [0.5, 0.6) is 0 Å². The van der Waals surface area contributed by atoms with Gasteiger partial charge >= 0.3 is 0 Å². The number of para-hydroxylation sites is 1. The van der Waals surface area contributed by atoms with E-state index < -0.39 is 0 Å². The zero-order chi connectivity index (χ0) is 15.6. The molecule has 0 radical (unpaired) electrons. The predicted molar refractivity (Wildman–Crippen MR) is 91.0 cm³/mol. The molecule has 0 bridgehead atoms. The van der Waals surface area contributed by atoms with E-state index in [-0.39, 0.29) is 5.78 Å². The Hall–Kier alpha value is -3.07. The molecule has 5 rings (SSSR count). The zero-order valence-electron chi connectivity index (χ0n) is 12.4. The van der Waals surface area contributed by atoms with Crippen molar-refractivity contribution in [1.29, 1.82) is 0 Å². The first kappa shape index (κ1) is 12.5. The summed E-state index contributed by atoms with van der Waals surface area (Å²) in [5, 5.41) is 4.03. The van der Waals surface area contributed by atoms with Crippen LogP contribution < -0.4 is 0 Å². The molecule has 2 heterocycles. The zero-order valence-corrected chi connectivity index (χ0v) is 12.4. The SMILES string of the molecule is CC(=O)c1ccc2oc3cc4c(cc3c2c1)oc1ccccc14. The normalized spacial score (nSPS) is 11.9. The Bertz CT molecular complexity index is 1240. The molecular formula is C20H12O3. The molecule has 0 unspecified atom stereocenters.